The van der Waals surface area contributed by atoms with Crippen molar-refractivity contribution in [2.45, 2.75) is 39.2 Å². The van der Waals surface area contributed by atoms with Crippen molar-refractivity contribution in [2.24, 2.45) is 5.92 Å². The molecule has 0 amide bonds. The van der Waals surface area contributed by atoms with Crippen LogP contribution in [0.2, 0.25) is 0 Å². The molecule has 1 fully saturated rings. The molecule has 2 aromatic rings. The molecule has 1 saturated heterocycles. The van der Waals surface area contributed by atoms with E-state index in [1.54, 1.807) is 6.20 Å². The number of piperidine rings is 1. The van der Waals surface area contributed by atoms with E-state index in [2.05, 4.69) is 41.8 Å². The summed E-state index contributed by atoms with van der Waals surface area (Å²) in [5.74, 6) is 1.66. The molecule has 0 bridgehead atoms. The normalized spacial score (nSPS) is 23.8. The number of aromatic nitrogens is 3. The first-order valence-electron chi connectivity index (χ1n) is 7.33. The molecule has 1 aliphatic rings. The second kappa shape index (κ2) is 5.05. The molecule has 3 heterocycles. The van der Waals surface area contributed by atoms with Crippen LogP contribution in [0, 0.1) is 5.92 Å². The van der Waals surface area contributed by atoms with Crippen LogP contribution >= 0.6 is 0 Å². The predicted molar refractivity (Wildman–Crippen MR) is 79.1 cm³/mol. The highest BCUT2D eigenvalue weighted by molar-refractivity contribution is 5.69. The molecule has 2 unspecified atom stereocenters. The second-order valence-electron chi connectivity index (χ2n) is 6.08. The number of aliphatic hydroxyl groups excluding tert-OH is 1. The summed E-state index contributed by atoms with van der Waals surface area (Å²) in [5, 5.41) is 14.5. The Morgan fingerprint density at radius 3 is 2.90 bits per heavy atom. The summed E-state index contributed by atoms with van der Waals surface area (Å²) in [6.45, 7) is 8.08. The highest BCUT2D eigenvalue weighted by atomic mass is 16.3. The molecule has 108 valence electrons. The van der Waals surface area contributed by atoms with Gasteiger partial charge in [-0.25, -0.2) is 9.50 Å². The number of anilines is 1. The van der Waals surface area contributed by atoms with Crippen molar-refractivity contribution < 1.29 is 5.11 Å². The Morgan fingerprint density at radius 1 is 1.40 bits per heavy atom. The Kier molecular flexibility index (Phi) is 3.38. The van der Waals surface area contributed by atoms with Gasteiger partial charge in [-0.15, -0.1) is 0 Å². The summed E-state index contributed by atoms with van der Waals surface area (Å²) in [6.07, 6.45) is 4.30. The molecule has 1 N–H and O–H groups in total. The SMILES string of the molecule is CC(C)c1cc2c(N3CCC(O)C(C)C3)nccn2n1. The first kappa shape index (κ1) is 13.4. The summed E-state index contributed by atoms with van der Waals surface area (Å²) in [4.78, 5) is 6.81. The fraction of sp³-hybridized carbons (Fsp3) is 0.600. The monoisotopic (exact) mass is 274 g/mol. The van der Waals surface area contributed by atoms with Crippen LogP contribution in [-0.4, -0.2) is 38.9 Å². The molecule has 0 spiro atoms. The first-order chi connectivity index (χ1) is 9.56. The number of aliphatic hydroxyl groups is 1. The lowest BCUT2D eigenvalue weighted by molar-refractivity contribution is 0.0969. The maximum Gasteiger partial charge on any atom is 0.154 e. The molecular formula is C15H22N4O. The van der Waals surface area contributed by atoms with E-state index in [1.807, 2.05) is 10.7 Å². The summed E-state index contributed by atoms with van der Waals surface area (Å²) < 4.78 is 1.91. The lowest BCUT2D eigenvalue weighted by atomic mass is 9.97. The largest absolute Gasteiger partial charge is 0.393 e. The van der Waals surface area contributed by atoms with E-state index in [4.69, 9.17) is 0 Å². The van der Waals surface area contributed by atoms with E-state index in [0.717, 1.165) is 36.5 Å². The molecule has 1 aliphatic heterocycles. The van der Waals surface area contributed by atoms with Crippen LogP contribution in [0.5, 0.6) is 0 Å². The predicted octanol–water partition coefficient (Wildman–Crippen LogP) is 2.06. The molecule has 0 aliphatic carbocycles. The van der Waals surface area contributed by atoms with Crippen LogP contribution in [0.15, 0.2) is 18.5 Å². The summed E-state index contributed by atoms with van der Waals surface area (Å²) >= 11 is 0. The van der Waals surface area contributed by atoms with Gasteiger partial charge in [0.05, 0.1) is 11.8 Å². The zero-order valence-electron chi connectivity index (χ0n) is 12.3. The van der Waals surface area contributed by atoms with Crippen molar-refractivity contribution in [1.29, 1.82) is 0 Å². The zero-order chi connectivity index (χ0) is 14.3. The molecule has 0 radical (unpaired) electrons. The Bertz CT molecular complexity index is 607. The Balaban J connectivity index is 1.99. The Hall–Kier alpha value is -1.62. The summed E-state index contributed by atoms with van der Waals surface area (Å²) in [5.41, 5.74) is 2.14. The lowest BCUT2D eigenvalue weighted by Gasteiger charge is -2.35. The molecule has 5 heteroatoms. The van der Waals surface area contributed by atoms with Gasteiger partial charge < -0.3 is 10.0 Å². The summed E-state index contributed by atoms with van der Waals surface area (Å²) in [6, 6.07) is 2.13. The van der Waals surface area contributed by atoms with Crippen LogP contribution < -0.4 is 4.90 Å². The number of fused-ring (bicyclic) bond motifs is 1. The van der Waals surface area contributed by atoms with Gasteiger partial charge in [0.2, 0.25) is 0 Å². The number of hydrogen-bond donors (Lipinski definition) is 1. The quantitative estimate of drug-likeness (QED) is 0.910. The lowest BCUT2D eigenvalue weighted by Crippen LogP contribution is -2.42. The Morgan fingerprint density at radius 2 is 2.20 bits per heavy atom. The minimum absolute atomic E-state index is 0.192. The van der Waals surface area contributed by atoms with Crippen molar-refractivity contribution in [3.63, 3.8) is 0 Å². The fourth-order valence-electron chi connectivity index (χ4n) is 2.78. The topological polar surface area (TPSA) is 53.7 Å². The number of nitrogens with zero attached hydrogens (tertiary/aromatic N) is 4. The van der Waals surface area contributed by atoms with E-state index in [1.165, 1.54) is 0 Å². The van der Waals surface area contributed by atoms with Crippen molar-refractivity contribution >= 4 is 11.3 Å². The molecule has 2 aromatic heterocycles. The average molecular weight is 274 g/mol. The van der Waals surface area contributed by atoms with Gasteiger partial charge in [0.15, 0.2) is 5.82 Å². The minimum atomic E-state index is -0.192. The van der Waals surface area contributed by atoms with Gasteiger partial charge in [0.25, 0.3) is 0 Å². The third-order valence-electron chi connectivity index (χ3n) is 4.14. The van der Waals surface area contributed by atoms with Crippen LogP contribution in [-0.2, 0) is 0 Å². The van der Waals surface area contributed by atoms with E-state index < -0.39 is 0 Å². The highest BCUT2D eigenvalue weighted by Gasteiger charge is 2.26. The van der Waals surface area contributed by atoms with Gasteiger partial charge in [-0.2, -0.15) is 5.10 Å². The van der Waals surface area contributed by atoms with Gasteiger partial charge in [-0.05, 0) is 24.3 Å². The van der Waals surface area contributed by atoms with Gasteiger partial charge in [0.1, 0.15) is 5.52 Å². The molecular weight excluding hydrogens is 252 g/mol. The fourth-order valence-corrected chi connectivity index (χ4v) is 2.78. The third kappa shape index (κ3) is 2.26. The molecule has 2 atom stereocenters. The highest BCUT2D eigenvalue weighted by Crippen LogP contribution is 2.27. The van der Waals surface area contributed by atoms with Crippen LogP contribution in [0.1, 0.15) is 38.8 Å². The standard InChI is InChI=1S/C15H22N4O/c1-10(2)12-8-13-15(16-5-7-19(13)17-12)18-6-4-14(20)11(3)9-18/h5,7-8,10-11,14,20H,4,6,9H2,1-3H3. The molecule has 3 rings (SSSR count). The Labute approximate surface area is 119 Å². The molecule has 20 heavy (non-hydrogen) atoms. The van der Waals surface area contributed by atoms with Crippen LogP contribution in [0.25, 0.3) is 5.52 Å². The molecule has 0 aromatic carbocycles. The second-order valence-corrected chi connectivity index (χ2v) is 6.08. The maximum atomic E-state index is 9.87. The minimum Gasteiger partial charge on any atom is -0.393 e. The van der Waals surface area contributed by atoms with Crippen molar-refractivity contribution in [3.8, 4) is 0 Å². The smallest absolute Gasteiger partial charge is 0.154 e. The van der Waals surface area contributed by atoms with Crippen molar-refractivity contribution in [3.05, 3.63) is 24.2 Å². The summed E-state index contributed by atoms with van der Waals surface area (Å²) in [7, 11) is 0. The van der Waals surface area contributed by atoms with E-state index in [9.17, 15) is 5.11 Å². The molecule has 0 saturated carbocycles. The van der Waals surface area contributed by atoms with Crippen molar-refractivity contribution in [1.82, 2.24) is 14.6 Å². The number of hydrogen-bond acceptors (Lipinski definition) is 4. The average Bonchev–Trinajstić information content (AvgIpc) is 2.86. The van der Waals surface area contributed by atoms with Crippen LogP contribution in [0.3, 0.4) is 0 Å². The van der Waals surface area contributed by atoms with Crippen molar-refractivity contribution in [2.75, 3.05) is 18.0 Å². The van der Waals surface area contributed by atoms with Gasteiger partial charge in [0, 0.05) is 25.5 Å². The van der Waals surface area contributed by atoms with Crippen LogP contribution in [0.4, 0.5) is 5.82 Å². The van der Waals surface area contributed by atoms with E-state index >= 15 is 0 Å². The van der Waals surface area contributed by atoms with Gasteiger partial charge in [-0.3, -0.25) is 0 Å². The van der Waals surface area contributed by atoms with E-state index in [0.29, 0.717) is 5.92 Å². The molecule has 5 nitrogen and oxygen atoms in total. The maximum absolute atomic E-state index is 9.87. The third-order valence-corrected chi connectivity index (χ3v) is 4.14. The van der Waals surface area contributed by atoms with Gasteiger partial charge in [-0.1, -0.05) is 20.8 Å². The zero-order valence-corrected chi connectivity index (χ0v) is 12.3. The van der Waals surface area contributed by atoms with Gasteiger partial charge >= 0.3 is 0 Å². The number of rotatable bonds is 2. The van der Waals surface area contributed by atoms with E-state index in [-0.39, 0.29) is 12.0 Å². The first-order valence-corrected chi connectivity index (χ1v) is 7.33.